The van der Waals surface area contributed by atoms with Gasteiger partial charge in [0.2, 0.25) is 0 Å². The molecule has 0 aromatic rings. The van der Waals surface area contributed by atoms with Crippen molar-refractivity contribution in [2.75, 3.05) is 0 Å². The molecule has 1 fully saturated rings. The first-order valence-electron chi connectivity index (χ1n) is 5.75. The van der Waals surface area contributed by atoms with E-state index >= 15 is 0 Å². The Morgan fingerprint density at radius 2 is 1.53 bits per heavy atom. The summed E-state index contributed by atoms with van der Waals surface area (Å²) in [5.74, 6) is 0.636. The van der Waals surface area contributed by atoms with Crippen molar-refractivity contribution in [3.8, 4) is 0 Å². The van der Waals surface area contributed by atoms with E-state index in [0.29, 0.717) is 5.92 Å². The van der Waals surface area contributed by atoms with Crippen LogP contribution in [-0.4, -0.2) is 23.8 Å². The summed E-state index contributed by atoms with van der Waals surface area (Å²) in [5.41, 5.74) is -0.348. The number of aliphatic hydroxyl groups is 1. The van der Waals surface area contributed by atoms with Gasteiger partial charge in [-0.1, -0.05) is 41.5 Å². The molecule has 90 valence electrons. The monoisotopic (exact) mass is 216 g/mol. The zero-order chi connectivity index (χ0) is 11.8. The Labute approximate surface area is 92.8 Å². The van der Waals surface area contributed by atoms with Gasteiger partial charge < -0.3 is 14.6 Å². The van der Waals surface area contributed by atoms with Crippen LogP contribution in [0.3, 0.4) is 0 Å². The Balaban J connectivity index is 2.82. The largest absolute Gasteiger partial charge is 0.367 e. The minimum atomic E-state index is -0.744. The van der Waals surface area contributed by atoms with Crippen molar-refractivity contribution in [1.82, 2.24) is 0 Å². The van der Waals surface area contributed by atoms with Crippen LogP contribution in [0.15, 0.2) is 0 Å². The standard InChI is InChI=1S/C12H24O3/c1-7(2)9-12(5,6)11(13)15-10(14-9)8(3)4/h7-11,13H,1-6H3. The SMILES string of the molecule is CC(C)C1OC(O)C(C)(C)C(C(C)C)O1. The highest BCUT2D eigenvalue weighted by atomic mass is 16.7. The molecule has 0 radical (unpaired) electrons. The fraction of sp³-hybridized carbons (Fsp3) is 1.00. The fourth-order valence-electron chi connectivity index (χ4n) is 2.13. The fourth-order valence-corrected chi connectivity index (χ4v) is 2.13. The molecule has 1 aliphatic heterocycles. The Morgan fingerprint density at radius 3 is 1.93 bits per heavy atom. The molecule has 1 rings (SSSR count). The molecule has 3 atom stereocenters. The van der Waals surface area contributed by atoms with E-state index in [1.807, 2.05) is 27.7 Å². The normalized spacial score (nSPS) is 36.2. The van der Waals surface area contributed by atoms with E-state index < -0.39 is 6.29 Å². The summed E-state index contributed by atoms with van der Waals surface area (Å²) in [7, 11) is 0. The summed E-state index contributed by atoms with van der Waals surface area (Å²) in [6.07, 6.45) is -1.000. The first kappa shape index (κ1) is 12.9. The zero-order valence-electron chi connectivity index (χ0n) is 10.7. The van der Waals surface area contributed by atoms with Gasteiger partial charge in [-0.3, -0.25) is 0 Å². The molecule has 1 heterocycles. The van der Waals surface area contributed by atoms with Crippen molar-refractivity contribution in [3.63, 3.8) is 0 Å². The van der Waals surface area contributed by atoms with Crippen LogP contribution in [0.1, 0.15) is 41.5 Å². The van der Waals surface area contributed by atoms with Crippen molar-refractivity contribution in [3.05, 3.63) is 0 Å². The maximum Gasteiger partial charge on any atom is 0.165 e. The quantitative estimate of drug-likeness (QED) is 0.770. The predicted octanol–water partition coefficient (Wildman–Crippen LogP) is 2.38. The summed E-state index contributed by atoms with van der Waals surface area (Å²) >= 11 is 0. The minimum absolute atomic E-state index is 0.0358. The number of aliphatic hydroxyl groups excluding tert-OH is 1. The minimum Gasteiger partial charge on any atom is -0.367 e. The average Bonchev–Trinajstić information content (AvgIpc) is 2.08. The molecule has 0 bridgehead atoms. The van der Waals surface area contributed by atoms with Crippen LogP contribution in [0.5, 0.6) is 0 Å². The highest BCUT2D eigenvalue weighted by Gasteiger charge is 2.46. The van der Waals surface area contributed by atoms with Crippen LogP contribution in [0.25, 0.3) is 0 Å². The van der Waals surface area contributed by atoms with E-state index in [2.05, 4.69) is 13.8 Å². The van der Waals surface area contributed by atoms with Crippen LogP contribution in [0.4, 0.5) is 0 Å². The van der Waals surface area contributed by atoms with Crippen LogP contribution in [0, 0.1) is 17.3 Å². The summed E-state index contributed by atoms with van der Waals surface area (Å²) in [6.45, 7) is 12.3. The van der Waals surface area contributed by atoms with Crippen LogP contribution in [0.2, 0.25) is 0 Å². The second-order valence-corrected chi connectivity index (χ2v) is 5.72. The smallest absolute Gasteiger partial charge is 0.165 e. The molecule has 3 nitrogen and oxygen atoms in total. The van der Waals surface area contributed by atoms with Crippen LogP contribution in [-0.2, 0) is 9.47 Å². The molecular formula is C12H24O3. The molecule has 1 aliphatic rings. The van der Waals surface area contributed by atoms with Gasteiger partial charge >= 0.3 is 0 Å². The Bertz CT molecular complexity index is 211. The maximum atomic E-state index is 9.97. The molecule has 1 saturated heterocycles. The van der Waals surface area contributed by atoms with Crippen LogP contribution < -0.4 is 0 Å². The summed E-state index contributed by atoms with van der Waals surface area (Å²) < 4.78 is 11.4. The van der Waals surface area contributed by atoms with Gasteiger partial charge in [-0.2, -0.15) is 0 Å². The van der Waals surface area contributed by atoms with Crippen molar-refractivity contribution in [1.29, 1.82) is 0 Å². The van der Waals surface area contributed by atoms with E-state index in [1.165, 1.54) is 0 Å². The number of rotatable bonds is 2. The number of ether oxygens (including phenoxy) is 2. The topological polar surface area (TPSA) is 38.7 Å². The molecule has 0 saturated carbocycles. The molecule has 0 aromatic carbocycles. The lowest BCUT2D eigenvalue weighted by molar-refractivity contribution is -0.362. The predicted molar refractivity (Wildman–Crippen MR) is 59.2 cm³/mol. The molecule has 0 amide bonds. The average molecular weight is 216 g/mol. The Hall–Kier alpha value is -0.120. The van der Waals surface area contributed by atoms with E-state index in [1.54, 1.807) is 0 Å². The third-order valence-electron chi connectivity index (χ3n) is 3.06. The highest BCUT2D eigenvalue weighted by Crippen LogP contribution is 2.39. The maximum absolute atomic E-state index is 9.97. The lowest BCUT2D eigenvalue weighted by Crippen LogP contribution is -2.55. The van der Waals surface area contributed by atoms with E-state index in [-0.39, 0.29) is 23.7 Å². The third-order valence-corrected chi connectivity index (χ3v) is 3.06. The van der Waals surface area contributed by atoms with Crippen molar-refractivity contribution >= 4 is 0 Å². The van der Waals surface area contributed by atoms with E-state index in [0.717, 1.165) is 0 Å². The first-order valence-corrected chi connectivity index (χ1v) is 5.75. The van der Waals surface area contributed by atoms with Gasteiger partial charge in [0, 0.05) is 11.3 Å². The molecule has 3 heteroatoms. The Kier molecular flexibility index (Phi) is 3.80. The van der Waals surface area contributed by atoms with Crippen molar-refractivity contribution in [2.24, 2.45) is 17.3 Å². The van der Waals surface area contributed by atoms with Gasteiger partial charge in [0.05, 0.1) is 6.10 Å². The van der Waals surface area contributed by atoms with Gasteiger partial charge in [-0.25, -0.2) is 0 Å². The van der Waals surface area contributed by atoms with E-state index in [9.17, 15) is 5.11 Å². The first-order chi connectivity index (χ1) is 6.76. The van der Waals surface area contributed by atoms with Gasteiger partial charge in [0.25, 0.3) is 0 Å². The molecule has 1 N–H and O–H groups in total. The lowest BCUT2D eigenvalue weighted by atomic mass is 9.79. The zero-order valence-corrected chi connectivity index (χ0v) is 10.7. The van der Waals surface area contributed by atoms with Crippen LogP contribution >= 0.6 is 0 Å². The van der Waals surface area contributed by atoms with Crippen molar-refractivity contribution < 1.29 is 14.6 Å². The van der Waals surface area contributed by atoms with E-state index in [4.69, 9.17) is 9.47 Å². The molecular weight excluding hydrogens is 192 g/mol. The number of hydrogen-bond acceptors (Lipinski definition) is 3. The third kappa shape index (κ3) is 2.52. The van der Waals surface area contributed by atoms with Crippen molar-refractivity contribution in [2.45, 2.75) is 60.2 Å². The number of hydrogen-bond donors (Lipinski definition) is 1. The highest BCUT2D eigenvalue weighted by molar-refractivity contribution is 4.87. The summed E-state index contributed by atoms with van der Waals surface area (Å²) in [5, 5.41) is 9.97. The molecule has 15 heavy (non-hydrogen) atoms. The summed E-state index contributed by atoms with van der Waals surface area (Å²) in [4.78, 5) is 0. The van der Waals surface area contributed by atoms with Gasteiger partial charge in [0.1, 0.15) is 0 Å². The second kappa shape index (κ2) is 4.40. The molecule has 0 spiro atoms. The molecule has 0 aromatic heterocycles. The van der Waals surface area contributed by atoms with Gasteiger partial charge in [-0.15, -0.1) is 0 Å². The Morgan fingerprint density at radius 1 is 1.00 bits per heavy atom. The molecule has 3 unspecified atom stereocenters. The molecule has 0 aliphatic carbocycles. The summed E-state index contributed by atoms with van der Waals surface area (Å²) in [6, 6.07) is 0. The lowest BCUT2D eigenvalue weighted by Gasteiger charge is -2.48. The van der Waals surface area contributed by atoms with Gasteiger partial charge in [0.15, 0.2) is 12.6 Å². The van der Waals surface area contributed by atoms with Gasteiger partial charge in [-0.05, 0) is 5.92 Å². The second-order valence-electron chi connectivity index (χ2n) is 5.72.